The van der Waals surface area contributed by atoms with E-state index in [0.29, 0.717) is 6.54 Å². The maximum atomic E-state index is 15.3. The van der Waals surface area contributed by atoms with Crippen LogP contribution in [-0.2, 0) is 23.3 Å². The van der Waals surface area contributed by atoms with Crippen LogP contribution < -0.4 is 5.32 Å². The molecule has 0 spiro atoms. The topological polar surface area (TPSA) is 101 Å². The Labute approximate surface area is 211 Å². The summed E-state index contributed by atoms with van der Waals surface area (Å²) >= 11 is 0. The number of benzene rings is 1. The smallest absolute Gasteiger partial charge is 0.334 e. The molecule has 38 heavy (non-hydrogen) atoms. The van der Waals surface area contributed by atoms with Crippen LogP contribution in [0.3, 0.4) is 0 Å². The van der Waals surface area contributed by atoms with Gasteiger partial charge in [-0.15, -0.1) is 10.2 Å². The van der Waals surface area contributed by atoms with Gasteiger partial charge in [0.15, 0.2) is 5.54 Å². The third-order valence-electron chi connectivity index (χ3n) is 6.29. The van der Waals surface area contributed by atoms with Crippen molar-refractivity contribution in [3.63, 3.8) is 0 Å². The molecule has 2 N–H and O–H groups in total. The van der Waals surface area contributed by atoms with Gasteiger partial charge in [-0.05, 0) is 54.7 Å². The lowest BCUT2D eigenvalue weighted by Gasteiger charge is -2.41. The first-order valence-electron chi connectivity index (χ1n) is 11.6. The number of alkyl halides is 6. The zero-order valence-corrected chi connectivity index (χ0v) is 19.9. The fourth-order valence-corrected chi connectivity index (χ4v) is 4.41. The average Bonchev–Trinajstić information content (AvgIpc) is 3.52. The summed E-state index contributed by atoms with van der Waals surface area (Å²) in [5.74, 6) is -2.71. The third-order valence-corrected chi connectivity index (χ3v) is 6.29. The van der Waals surface area contributed by atoms with Gasteiger partial charge in [0.2, 0.25) is 5.82 Å². The average molecular weight is 545 g/mol. The number of unbranched alkanes of at least 4 members (excludes halogenated alkanes) is 1. The molecule has 15 heteroatoms. The van der Waals surface area contributed by atoms with Gasteiger partial charge in [-0.1, -0.05) is 12.1 Å². The lowest BCUT2D eigenvalue weighted by Crippen LogP contribution is -2.59. The number of aromatic nitrogens is 6. The van der Waals surface area contributed by atoms with Crippen molar-refractivity contribution in [3.8, 4) is 0 Å². The number of nitrogens with zero attached hydrogens (tertiary/aromatic N) is 5. The molecule has 2 aromatic heterocycles. The van der Waals surface area contributed by atoms with Crippen LogP contribution >= 0.6 is 0 Å². The molecule has 0 fully saturated rings. The van der Waals surface area contributed by atoms with Crippen LogP contribution in [0.2, 0.25) is 0 Å². The number of aryl methyl sites for hydroxylation is 2. The summed E-state index contributed by atoms with van der Waals surface area (Å²) in [7, 11) is 0. The van der Waals surface area contributed by atoms with E-state index in [1.165, 1.54) is 23.0 Å². The number of tetrazole rings is 1. The lowest BCUT2D eigenvalue weighted by molar-refractivity contribution is -0.202. The second-order valence-electron chi connectivity index (χ2n) is 8.82. The zero-order chi connectivity index (χ0) is 27.7. The van der Waals surface area contributed by atoms with Crippen molar-refractivity contribution in [2.45, 2.75) is 63.5 Å². The van der Waals surface area contributed by atoms with Crippen molar-refractivity contribution in [2.24, 2.45) is 0 Å². The fraction of sp³-hybridized carbons (Fsp3) is 0.435. The SMILES string of the molecule is CCn1ccc(C2=C(c3nn[nH]n3)C(=O)NC(c3ccc(CCCCC(F)(F)F)cc3F)(C(F)(F)F)C2)n1. The molecule has 0 aliphatic carbocycles. The maximum absolute atomic E-state index is 15.3. The van der Waals surface area contributed by atoms with Gasteiger partial charge < -0.3 is 5.32 Å². The van der Waals surface area contributed by atoms with E-state index < -0.39 is 48.0 Å². The van der Waals surface area contributed by atoms with Gasteiger partial charge in [0.25, 0.3) is 5.91 Å². The molecule has 4 rings (SSSR count). The zero-order valence-electron chi connectivity index (χ0n) is 19.9. The van der Waals surface area contributed by atoms with Crippen molar-refractivity contribution < 1.29 is 35.5 Å². The van der Waals surface area contributed by atoms with Crippen molar-refractivity contribution >= 4 is 17.1 Å². The van der Waals surface area contributed by atoms with Crippen LogP contribution in [0.25, 0.3) is 11.1 Å². The molecule has 0 saturated carbocycles. The minimum atomic E-state index is -5.15. The van der Waals surface area contributed by atoms with Crippen LogP contribution in [0, 0.1) is 5.82 Å². The number of hydrogen-bond acceptors (Lipinski definition) is 5. The fourth-order valence-electron chi connectivity index (χ4n) is 4.41. The van der Waals surface area contributed by atoms with E-state index in [1.807, 2.05) is 5.32 Å². The summed E-state index contributed by atoms with van der Waals surface area (Å²) in [5.41, 5.74) is -4.16. The Balaban J connectivity index is 1.75. The molecular weight excluding hydrogens is 523 g/mol. The monoisotopic (exact) mass is 545 g/mol. The molecule has 1 aliphatic heterocycles. The van der Waals surface area contributed by atoms with E-state index in [2.05, 4.69) is 25.7 Å². The Hall–Kier alpha value is -3.78. The van der Waals surface area contributed by atoms with E-state index in [0.717, 1.165) is 12.1 Å². The Kier molecular flexibility index (Phi) is 7.30. The van der Waals surface area contributed by atoms with Gasteiger partial charge in [0.05, 0.1) is 11.3 Å². The summed E-state index contributed by atoms with van der Waals surface area (Å²) in [6, 6.07) is 4.41. The van der Waals surface area contributed by atoms with Crippen LogP contribution in [0.15, 0.2) is 30.5 Å². The van der Waals surface area contributed by atoms with Gasteiger partial charge in [0, 0.05) is 31.1 Å². The number of H-pyrrole nitrogens is 1. The van der Waals surface area contributed by atoms with E-state index >= 15 is 4.39 Å². The number of aromatic amines is 1. The number of halogens is 7. The van der Waals surface area contributed by atoms with Crippen LogP contribution in [-0.4, -0.2) is 48.7 Å². The lowest BCUT2D eigenvalue weighted by atomic mass is 9.77. The maximum Gasteiger partial charge on any atom is 0.416 e. The minimum absolute atomic E-state index is 0.0419. The number of rotatable bonds is 8. The van der Waals surface area contributed by atoms with E-state index in [4.69, 9.17) is 0 Å². The van der Waals surface area contributed by atoms with E-state index in [-0.39, 0.29) is 47.5 Å². The Bertz CT molecular complexity index is 1330. The highest BCUT2D eigenvalue weighted by Crippen LogP contribution is 2.50. The van der Waals surface area contributed by atoms with E-state index in [9.17, 15) is 31.1 Å². The third kappa shape index (κ3) is 5.41. The summed E-state index contributed by atoms with van der Waals surface area (Å²) in [6.45, 7) is 2.17. The number of hydrogen-bond donors (Lipinski definition) is 2. The summed E-state index contributed by atoms with van der Waals surface area (Å²) < 4.78 is 98.0. The Morgan fingerprint density at radius 3 is 2.45 bits per heavy atom. The van der Waals surface area contributed by atoms with Gasteiger partial charge in [-0.2, -0.15) is 36.7 Å². The summed E-state index contributed by atoms with van der Waals surface area (Å²) in [5, 5.41) is 19.1. The van der Waals surface area contributed by atoms with Crippen LogP contribution in [0.5, 0.6) is 0 Å². The van der Waals surface area contributed by atoms with E-state index in [1.54, 1.807) is 6.92 Å². The highest BCUT2D eigenvalue weighted by Gasteiger charge is 2.61. The normalized spacial score (nSPS) is 18.7. The van der Waals surface area contributed by atoms with Crippen LogP contribution in [0.1, 0.15) is 55.3 Å². The summed E-state index contributed by atoms with van der Waals surface area (Å²) in [6.07, 6.45) is -9.98. The largest absolute Gasteiger partial charge is 0.416 e. The first-order chi connectivity index (χ1) is 17.8. The molecule has 0 bridgehead atoms. The van der Waals surface area contributed by atoms with Gasteiger partial charge in [-0.25, -0.2) is 4.39 Å². The van der Waals surface area contributed by atoms with Crippen LogP contribution in [0.4, 0.5) is 30.7 Å². The highest BCUT2D eigenvalue weighted by atomic mass is 19.4. The molecule has 204 valence electrons. The molecule has 8 nitrogen and oxygen atoms in total. The molecule has 1 unspecified atom stereocenters. The predicted molar refractivity (Wildman–Crippen MR) is 119 cm³/mol. The number of nitrogens with one attached hydrogen (secondary N) is 2. The van der Waals surface area contributed by atoms with Gasteiger partial charge in [0.1, 0.15) is 5.82 Å². The molecule has 1 aliphatic rings. The van der Waals surface area contributed by atoms with Gasteiger partial charge >= 0.3 is 12.4 Å². The molecular formula is C23H22F7N7O. The summed E-state index contributed by atoms with van der Waals surface area (Å²) in [4.78, 5) is 13.2. The number of carbonyl (C=O) groups excluding carboxylic acids is 1. The second-order valence-corrected chi connectivity index (χ2v) is 8.82. The number of carbonyl (C=O) groups is 1. The highest BCUT2D eigenvalue weighted by molar-refractivity contribution is 6.27. The minimum Gasteiger partial charge on any atom is -0.334 e. The van der Waals surface area contributed by atoms with Gasteiger partial charge in [-0.3, -0.25) is 9.48 Å². The Morgan fingerprint density at radius 1 is 1.11 bits per heavy atom. The molecule has 1 atom stereocenters. The first-order valence-corrected chi connectivity index (χ1v) is 11.6. The second kappa shape index (κ2) is 10.2. The number of amides is 1. The first kappa shape index (κ1) is 27.3. The molecule has 1 amide bonds. The predicted octanol–water partition coefficient (Wildman–Crippen LogP) is 4.72. The molecule has 0 saturated heterocycles. The van der Waals surface area contributed by atoms with Crippen molar-refractivity contribution in [2.75, 3.05) is 0 Å². The Morgan fingerprint density at radius 2 is 1.87 bits per heavy atom. The standard InChI is InChI=1S/C23H22F7N7O/c1-2-37-10-8-17(34-37)14-12-21(23(28,29)30,31-20(38)18(14)19-32-35-36-33-19)15-7-6-13(11-16(15)24)5-3-4-9-22(25,26)27/h6-8,10-11H,2-5,9,12H2,1H3,(H,31,38)(H,32,33,35,36). The quantitative estimate of drug-likeness (QED) is 0.315. The molecule has 0 radical (unpaired) electrons. The van der Waals surface area contributed by atoms with Crippen molar-refractivity contribution in [3.05, 3.63) is 58.9 Å². The van der Waals surface area contributed by atoms with Crippen molar-refractivity contribution in [1.82, 2.24) is 35.7 Å². The molecule has 3 heterocycles. The molecule has 3 aromatic rings. The van der Waals surface area contributed by atoms with Crippen molar-refractivity contribution in [1.29, 1.82) is 0 Å². The molecule has 1 aromatic carbocycles.